The number of rotatable bonds is 6. The summed E-state index contributed by atoms with van der Waals surface area (Å²) in [6.45, 7) is 4.54. The number of aryl methyl sites for hydroxylation is 1. The lowest BCUT2D eigenvalue weighted by Gasteiger charge is -2.15. The largest absolute Gasteiger partial charge is 0.348 e. The summed E-state index contributed by atoms with van der Waals surface area (Å²) >= 11 is 0. The van der Waals surface area contributed by atoms with Crippen molar-refractivity contribution in [1.29, 1.82) is 0 Å². The number of nitrogens with one attached hydrogen (secondary N) is 1. The van der Waals surface area contributed by atoms with E-state index in [1.165, 1.54) is 0 Å². The number of fused-ring (bicyclic) bond motifs is 1. The van der Waals surface area contributed by atoms with E-state index in [0.717, 1.165) is 41.0 Å². The first kappa shape index (κ1) is 18.5. The van der Waals surface area contributed by atoms with E-state index in [9.17, 15) is 4.79 Å². The smallest absolute Gasteiger partial charge is 0.252 e. The van der Waals surface area contributed by atoms with Crippen molar-refractivity contribution < 1.29 is 4.79 Å². The van der Waals surface area contributed by atoms with E-state index in [4.69, 9.17) is 10.1 Å². The van der Waals surface area contributed by atoms with Crippen LogP contribution in [-0.4, -0.2) is 36.5 Å². The Hall–Kier alpha value is -3.48. The summed E-state index contributed by atoms with van der Waals surface area (Å²) in [7, 11) is 0. The summed E-state index contributed by atoms with van der Waals surface area (Å²) in [5.74, 6) is 0.335. The Labute approximate surface area is 174 Å². The second-order valence-electron chi connectivity index (χ2n) is 8.00. The number of pyridine rings is 1. The molecular formula is C23H24N6O. The maximum atomic E-state index is 13.3. The lowest BCUT2D eigenvalue weighted by molar-refractivity contribution is 0.0937. The number of amides is 1. The van der Waals surface area contributed by atoms with Crippen molar-refractivity contribution in [3.8, 4) is 5.69 Å². The standard InChI is InChI=1S/C23H24N6O/c1-15(14-28-12-6-11-24-28)25-23(30)19-13-20(17-9-10-17)26-22-21(19)16(2)27-29(22)18-7-4-3-5-8-18/h3-8,11-13,15,17H,9-10,14H2,1-2H3,(H,25,30)/t15-/m1/s1. The quantitative estimate of drug-likeness (QED) is 0.536. The van der Waals surface area contributed by atoms with Crippen molar-refractivity contribution in [2.24, 2.45) is 0 Å². The highest BCUT2D eigenvalue weighted by Crippen LogP contribution is 2.40. The van der Waals surface area contributed by atoms with E-state index in [1.807, 2.05) is 71.9 Å². The topological polar surface area (TPSA) is 77.6 Å². The molecule has 7 heteroatoms. The third-order valence-electron chi connectivity index (χ3n) is 5.47. The molecule has 5 rings (SSSR count). The number of nitrogens with zero attached hydrogens (tertiary/aromatic N) is 5. The van der Waals surface area contributed by atoms with Crippen LogP contribution in [0, 0.1) is 6.92 Å². The molecule has 1 saturated carbocycles. The fraction of sp³-hybridized carbons (Fsp3) is 0.304. The van der Waals surface area contributed by atoms with Crippen LogP contribution in [0.15, 0.2) is 54.9 Å². The second-order valence-corrected chi connectivity index (χ2v) is 8.00. The molecule has 7 nitrogen and oxygen atoms in total. The van der Waals surface area contributed by atoms with Gasteiger partial charge >= 0.3 is 0 Å². The average Bonchev–Trinajstić information content (AvgIpc) is 3.38. The van der Waals surface area contributed by atoms with Crippen LogP contribution in [0.2, 0.25) is 0 Å². The minimum absolute atomic E-state index is 0.0607. The fourth-order valence-electron chi connectivity index (χ4n) is 3.86. The van der Waals surface area contributed by atoms with Gasteiger partial charge in [0.1, 0.15) is 0 Å². The summed E-state index contributed by atoms with van der Waals surface area (Å²) in [6, 6.07) is 13.7. The maximum absolute atomic E-state index is 13.3. The molecule has 1 atom stereocenters. The second kappa shape index (κ2) is 7.40. The van der Waals surface area contributed by atoms with Gasteiger partial charge in [0.15, 0.2) is 5.65 Å². The zero-order valence-electron chi connectivity index (χ0n) is 17.1. The first-order valence-corrected chi connectivity index (χ1v) is 10.3. The van der Waals surface area contributed by atoms with Gasteiger partial charge < -0.3 is 5.32 Å². The highest BCUT2D eigenvalue weighted by Gasteiger charge is 2.29. The van der Waals surface area contributed by atoms with E-state index >= 15 is 0 Å². The molecular weight excluding hydrogens is 376 g/mol. The first-order chi connectivity index (χ1) is 14.6. The van der Waals surface area contributed by atoms with E-state index in [-0.39, 0.29) is 11.9 Å². The molecule has 1 aliphatic rings. The first-order valence-electron chi connectivity index (χ1n) is 10.3. The molecule has 1 amide bonds. The molecule has 4 aromatic rings. The molecule has 0 saturated heterocycles. The van der Waals surface area contributed by atoms with E-state index in [2.05, 4.69) is 10.4 Å². The van der Waals surface area contributed by atoms with Crippen LogP contribution in [0.25, 0.3) is 16.7 Å². The Morgan fingerprint density at radius 1 is 1.23 bits per heavy atom. The van der Waals surface area contributed by atoms with Crippen LogP contribution < -0.4 is 5.32 Å². The molecule has 0 unspecified atom stereocenters. The molecule has 0 spiro atoms. The number of carbonyl (C=O) groups is 1. The fourth-order valence-corrected chi connectivity index (χ4v) is 3.86. The van der Waals surface area contributed by atoms with E-state index in [1.54, 1.807) is 6.20 Å². The van der Waals surface area contributed by atoms with Gasteiger partial charge in [0.2, 0.25) is 0 Å². The summed E-state index contributed by atoms with van der Waals surface area (Å²) in [5.41, 5.74) is 4.11. The molecule has 1 N–H and O–H groups in total. The molecule has 0 aliphatic heterocycles. The number of hydrogen-bond acceptors (Lipinski definition) is 4. The average molecular weight is 400 g/mol. The van der Waals surface area contributed by atoms with Crippen LogP contribution in [-0.2, 0) is 6.54 Å². The van der Waals surface area contributed by atoms with Gasteiger partial charge in [0.25, 0.3) is 5.91 Å². The van der Waals surface area contributed by atoms with Crippen LogP contribution >= 0.6 is 0 Å². The summed E-state index contributed by atoms with van der Waals surface area (Å²) in [4.78, 5) is 18.2. The summed E-state index contributed by atoms with van der Waals surface area (Å²) in [6.07, 6.45) is 5.87. The van der Waals surface area contributed by atoms with Crippen molar-refractivity contribution in [2.75, 3.05) is 0 Å². The van der Waals surface area contributed by atoms with Gasteiger partial charge in [-0.25, -0.2) is 9.67 Å². The molecule has 1 fully saturated rings. The molecule has 1 aliphatic carbocycles. The zero-order chi connectivity index (χ0) is 20.7. The zero-order valence-corrected chi connectivity index (χ0v) is 17.1. The Morgan fingerprint density at radius 2 is 2.03 bits per heavy atom. The molecule has 152 valence electrons. The SMILES string of the molecule is Cc1nn(-c2ccccc2)c2nc(C3CC3)cc(C(=O)N[C@H](C)Cn3cccn3)c12. The number of hydrogen-bond donors (Lipinski definition) is 1. The minimum Gasteiger partial charge on any atom is -0.348 e. The Balaban J connectivity index is 1.55. The highest BCUT2D eigenvalue weighted by molar-refractivity contribution is 6.07. The van der Waals surface area contributed by atoms with Gasteiger partial charge in [-0.05, 0) is 51.0 Å². The Kier molecular flexibility index (Phi) is 4.58. The van der Waals surface area contributed by atoms with Gasteiger partial charge in [-0.3, -0.25) is 9.48 Å². The number of para-hydroxylation sites is 1. The van der Waals surface area contributed by atoms with Crippen molar-refractivity contribution in [3.05, 3.63) is 71.8 Å². The lowest BCUT2D eigenvalue weighted by Crippen LogP contribution is -2.36. The third kappa shape index (κ3) is 3.47. The van der Waals surface area contributed by atoms with Gasteiger partial charge in [0, 0.05) is 30.0 Å². The normalized spacial score (nSPS) is 14.7. The molecule has 3 heterocycles. The molecule has 30 heavy (non-hydrogen) atoms. The lowest BCUT2D eigenvalue weighted by atomic mass is 10.1. The van der Waals surface area contributed by atoms with Gasteiger partial charge in [-0.2, -0.15) is 10.2 Å². The molecule has 0 radical (unpaired) electrons. The van der Waals surface area contributed by atoms with Gasteiger partial charge in [-0.1, -0.05) is 18.2 Å². The van der Waals surface area contributed by atoms with Crippen molar-refractivity contribution in [2.45, 2.75) is 45.2 Å². The predicted molar refractivity (Wildman–Crippen MR) is 115 cm³/mol. The van der Waals surface area contributed by atoms with E-state index in [0.29, 0.717) is 18.0 Å². The molecule has 1 aromatic carbocycles. The van der Waals surface area contributed by atoms with Gasteiger partial charge in [-0.15, -0.1) is 0 Å². The summed E-state index contributed by atoms with van der Waals surface area (Å²) < 4.78 is 3.67. The Bertz CT molecular complexity index is 1190. The minimum atomic E-state index is -0.0975. The third-order valence-corrected chi connectivity index (χ3v) is 5.47. The van der Waals surface area contributed by atoms with Crippen LogP contribution in [0.5, 0.6) is 0 Å². The van der Waals surface area contributed by atoms with Gasteiger partial charge in [0.05, 0.1) is 28.9 Å². The van der Waals surface area contributed by atoms with Crippen LogP contribution in [0.1, 0.15) is 47.4 Å². The van der Waals surface area contributed by atoms with Crippen LogP contribution in [0.4, 0.5) is 0 Å². The molecule has 0 bridgehead atoms. The summed E-state index contributed by atoms with van der Waals surface area (Å²) in [5, 5.41) is 12.9. The Morgan fingerprint density at radius 3 is 2.73 bits per heavy atom. The van der Waals surface area contributed by atoms with Crippen molar-refractivity contribution in [1.82, 2.24) is 29.9 Å². The predicted octanol–water partition coefficient (Wildman–Crippen LogP) is 3.62. The number of aromatic nitrogens is 5. The number of carbonyl (C=O) groups excluding carboxylic acids is 1. The van der Waals surface area contributed by atoms with Crippen molar-refractivity contribution in [3.63, 3.8) is 0 Å². The highest BCUT2D eigenvalue weighted by atomic mass is 16.1. The van der Waals surface area contributed by atoms with Crippen LogP contribution in [0.3, 0.4) is 0 Å². The monoisotopic (exact) mass is 400 g/mol. The number of benzene rings is 1. The maximum Gasteiger partial charge on any atom is 0.252 e. The molecule has 3 aromatic heterocycles. The van der Waals surface area contributed by atoms with Crippen molar-refractivity contribution >= 4 is 16.9 Å². The van der Waals surface area contributed by atoms with E-state index < -0.39 is 0 Å².